The number of carbonyl (C=O) groups excluding carboxylic acids is 2. The predicted molar refractivity (Wildman–Crippen MR) is 138 cm³/mol. The first kappa shape index (κ1) is 33.2. The number of carbonyl (C=O) groups is 3. The summed E-state index contributed by atoms with van der Waals surface area (Å²) in [6, 6.07) is 14.9. The Labute approximate surface area is 243 Å². The molecule has 1 N–H and O–H groups in total. The minimum absolute atomic E-state index is 0.00884. The van der Waals surface area contributed by atoms with Gasteiger partial charge in [-0.25, -0.2) is 13.6 Å². The quantitative estimate of drug-likeness (QED) is 0.166. The van der Waals surface area contributed by atoms with Crippen LogP contribution in [0.2, 0.25) is 0 Å². The van der Waals surface area contributed by atoms with E-state index in [4.69, 9.17) is 5.11 Å². The van der Waals surface area contributed by atoms with Crippen molar-refractivity contribution < 1.29 is 64.1 Å². The van der Waals surface area contributed by atoms with Crippen LogP contribution < -0.4 is 9.47 Å². The van der Waals surface area contributed by atoms with E-state index in [1.165, 1.54) is 30.3 Å². The van der Waals surface area contributed by atoms with Gasteiger partial charge in [-0.2, -0.15) is 0 Å². The Morgan fingerprint density at radius 2 is 1.02 bits per heavy atom. The maximum Gasteiger partial charge on any atom is 0.573 e. The van der Waals surface area contributed by atoms with E-state index in [1.807, 2.05) is 0 Å². The lowest BCUT2D eigenvalue weighted by atomic mass is 9.98. The fourth-order valence-electron chi connectivity index (χ4n) is 3.71. The van der Waals surface area contributed by atoms with Crippen LogP contribution in [0.4, 0.5) is 35.1 Å². The van der Waals surface area contributed by atoms with Crippen molar-refractivity contribution in [2.24, 2.45) is 0 Å². The third kappa shape index (κ3) is 9.37. The monoisotopic (exact) mass is 626 g/mol. The molecular weight excluding hydrogens is 608 g/mol. The number of carboxylic acid groups (broad SMARTS) is 1. The molecule has 0 fully saturated rings. The van der Waals surface area contributed by atoms with E-state index in [0.29, 0.717) is 11.6 Å². The minimum Gasteiger partial charge on any atom is -0.478 e. The first-order chi connectivity index (χ1) is 20.4. The summed E-state index contributed by atoms with van der Waals surface area (Å²) in [4.78, 5) is 35.6. The van der Waals surface area contributed by atoms with Gasteiger partial charge in [0.15, 0.2) is 11.6 Å². The number of ether oxygens (including phenoxy) is 2. The van der Waals surface area contributed by atoms with Gasteiger partial charge in [-0.05, 0) is 67.1 Å². The highest BCUT2D eigenvalue weighted by molar-refractivity contribution is 6.14. The van der Waals surface area contributed by atoms with E-state index in [1.54, 1.807) is 6.92 Å². The number of halogens is 8. The lowest BCUT2D eigenvalue weighted by Crippen LogP contribution is -2.17. The van der Waals surface area contributed by atoms with Crippen molar-refractivity contribution in [3.8, 4) is 11.5 Å². The van der Waals surface area contributed by atoms with Crippen molar-refractivity contribution in [3.05, 3.63) is 130 Å². The molecule has 6 nitrogen and oxygen atoms in total. The molecule has 230 valence electrons. The normalized spacial score (nSPS) is 11.2. The SMILES string of the molecule is Cc1ccc(F)cc1C(=O)c1cccc(OC(F)(F)F)c1.O=C(O)c1ccc(F)cc1C(=O)c1cccc(OC(F)(F)F)c1. The van der Waals surface area contributed by atoms with Crippen molar-refractivity contribution in [2.45, 2.75) is 19.6 Å². The van der Waals surface area contributed by atoms with Crippen LogP contribution in [-0.4, -0.2) is 35.4 Å². The first-order valence-electron chi connectivity index (χ1n) is 12.0. The van der Waals surface area contributed by atoms with Crippen LogP contribution in [0.5, 0.6) is 11.5 Å². The average molecular weight is 626 g/mol. The molecule has 4 rings (SSSR count). The van der Waals surface area contributed by atoms with Gasteiger partial charge in [-0.1, -0.05) is 30.3 Å². The van der Waals surface area contributed by atoms with Crippen LogP contribution in [0, 0.1) is 18.6 Å². The number of alkyl halides is 6. The second-order valence-electron chi connectivity index (χ2n) is 8.76. The fourth-order valence-corrected chi connectivity index (χ4v) is 3.71. The molecule has 44 heavy (non-hydrogen) atoms. The highest BCUT2D eigenvalue weighted by atomic mass is 19.4. The highest BCUT2D eigenvalue weighted by Gasteiger charge is 2.32. The summed E-state index contributed by atoms with van der Waals surface area (Å²) < 4.78 is 107. The van der Waals surface area contributed by atoms with E-state index in [0.717, 1.165) is 48.5 Å². The molecule has 0 aromatic heterocycles. The Bertz CT molecular complexity index is 1700. The Hall–Kier alpha value is -5.27. The minimum atomic E-state index is -4.94. The van der Waals surface area contributed by atoms with Crippen LogP contribution in [0.25, 0.3) is 0 Å². The molecule has 14 heteroatoms. The number of benzene rings is 4. The van der Waals surface area contributed by atoms with Crippen LogP contribution in [0.15, 0.2) is 84.9 Å². The molecule has 0 saturated heterocycles. The van der Waals surface area contributed by atoms with E-state index in [-0.39, 0.29) is 16.7 Å². The van der Waals surface area contributed by atoms with Gasteiger partial charge in [0.1, 0.15) is 23.1 Å². The molecule has 0 unspecified atom stereocenters. The van der Waals surface area contributed by atoms with Gasteiger partial charge < -0.3 is 14.6 Å². The molecule has 0 spiro atoms. The number of carboxylic acids is 1. The van der Waals surface area contributed by atoms with Crippen LogP contribution in [0.3, 0.4) is 0 Å². The van der Waals surface area contributed by atoms with E-state index in [2.05, 4.69) is 9.47 Å². The van der Waals surface area contributed by atoms with Crippen molar-refractivity contribution >= 4 is 17.5 Å². The second kappa shape index (κ2) is 13.4. The zero-order valence-electron chi connectivity index (χ0n) is 22.1. The molecule has 0 bridgehead atoms. The van der Waals surface area contributed by atoms with Crippen LogP contribution in [-0.2, 0) is 0 Å². The molecule has 4 aromatic carbocycles. The predicted octanol–water partition coefficient (Wildman–Crippen LogP) is 7.92. The average Bonchev–Trinajstić information content (AvgIpc) is 2.92. The Kier molecular flexibility index (Phi) is 10.1. The number of hydrogen-bond donors (Lipinski definition) is 1. The maximum atomic E-state index is 13.3. The number of aromatic carboxylic acids is 1. The first-order valence-corrected chi connectivity index (χ1v) is 12.0. The van der Waals surface area contributed by atoms with Gasteiger partial charge in [0.05, 0.1) is 5.56 Å². The van der Waals surface area contributed by atoms with E-state index < -0.39 is 64.5 Å². The number of rotatable bonds is 7. The summed E-state index contributed by atoms with van der Waals surface area (Å²) >= 11 is 0. The Balaban J connectivity index is 0.000000241. The highest BCUT2D eigenvalue weighted by Crippen LogP contribution is 2.26. The van der Waals surface area contributed by atoms with Crippen molar-refractivity contribution in [1.29, 1.82) is 0 Å². The fraction of sp³-hybridized carbons (Fsp3) is 0.100. The van der Waals surface area contributed by atoms with Crippen LogP contribution in [0.1, 0.15) is 47.8 Å². The molecule has 0 radical (unpaired) electrons. The molecule has 0 heterocycles. The van der Waals surface area contributed by atoms with E-state index >= 15 is 0 Å². The standard InChI is InChI=1S/C15H8F4O4.C15H10F4O2/c16-9-4-5-11(14(21)22)12(7-9)13(20)8-2-1-3-10(6-8)23-15(17,18)19;1-9-5-6-11(16)8-13(9)14(20)10-3-2-4-12(7-10)21-15(17,18)19/h1-7H,(H,21,22);2-8H,1H3. The van der Waals surface area contributed by atoms with Gasteiger partial charge in [-0.3, -0.25) is 9.59 Å². The van der Waals surface area contributed by atoms with E-state index in [9.17, 15) is 49.5 Å². The molecule has 0 atom stereocenters. The largest absolute Gasteiger partial charge is 0.573 e. The zero-order valence-corrected chi connectivity index (χ0v) is 22.1. The van der Waals surface area contributed by atoms with Crippen molar-refractivity contribution in [3.63, 3.8) is 0 Å². The summed E-state index contributed by atoms with van der Waals surface area (Å²) in [7, 11) is 0. The number of hydrogen-bond acceptors (Lipinski definition) is 5. The number of aryl methyl sites for hydroxylation is 1. The van der Waals surface area contributed by atoms with Gasteiger partial charge in [-0.15, -0.1) is 26.3 Å². The van der Waals surface area contributed by atoms with Gasteiger partial charge in [0.2, 0.25) is 0 Å². The molecule has 0 aliphatic carbocycles. The molecule has 0 aliphatic heterocycles. The van der Waals surface area contributed by atoms with Crippen molar-refractivity contribution in [1.82, 2.24) is 0 Å². The van der Waals surface area contributed by atoms with Gasteiger partial charge >= 0.3 is 18.7 Å². The third-order valence-corrected chi connectivity index (χ3v) is 5.56. The third-order valence-electron chi connectivity index (χ3n) is 5.56. The molecule has 0 amide bonds. The molecular formula is C30H18F8O6. The smallest absolute Gasteiger partial charge is 0.478 e. The number of ketones is 2. The summed E-state index contributed by atoms with van der Waals surface area (Å²) in [6.07, 6.45) is -9.77. The van der Waals surface area contributed by atoms with Gasteiger partial charge in [0, 0.05) is 22.3 Å². The maximum absolute atomic E-state index is 13.3. The van der Waals surface area contributed by atoms with Crippen LogP contribution >= 0.6 is 0 Å². The summed E-state index contributed by atoms with van der Waals surface area (Å²) in [5, 5.41) is 9.01. The summed E-state index contributed by atoms with van der Waals surface area (Å²) in [6.45, 7) is 1.61. The molecule has 0 aliphatic rings. The zero-order chi connectivity index (χ0) is 32.8. The molecule has 4 aromatic rings. The topological polar surface area (TPSA) is 89.9 Å². The second-order valence-corrected chi connectivity index (χ2v) is 8.76. The Morgan fingerprint density at radius 1 is 0.591 bits per heavy atom. The summed E-state index contributed by atoms with van der Waals surface area (Å²) in [5.41, 5.74) is -0.576. The van der Waals surface area contributed by atoms with Crippen molar-refractivity contribution in [2.75, 3.05) is 0 Å². The Morgan fingerprint density at radius 3 is 1.48 bits per heavy atom. The lowest BCUT2D eigenvalue weighted by molar-refractivity contribution is -0.275. The summed E-state index contributed by atoms with van der Waals surface area (Å²) in [5.74, 6) is -5.54. The lowest BCUT2D eigenvalue weighted by Gasteiger charge is -2.10. The van der Waals surface area contributed by atoms with Gasteiger partial charge in [0.25, 0.3) is 0 Å². The molecule has 0 saturated carbocycles.